The summed E-state index contributed by atoms with van der Waals surface area (Å²) in [5.74, 6) is -2.76. The van der Waals surface area contributed by atoms with E-state index in [0.717, 1.165) is 38.5 Å². The molecular formula is C20H30O6. The lowest BCUT2D eigenvalue weighted by Crippen LogP contribution is -2.18. The molecule has 0 aromatic carbocycles. The topological polar surface area (TPSA) is 86.7 Å². The van der Waals surface area contributed by atoms with Crippen LogP contribution in [0, 0.1) is 23.7 Å². The van der Waals surface area contributed by atoms with Crippen LogP contribution in [0.15, 0.2) is 0 Å². The number of carbonyl (C=O) groups is 4. The van der Waals surface area contributed by atoms with Crippen LogP contribution in [0.4, 0.5) is 0 Å². The van der Waals surface area contributed by atoms with Crippen molar-refractivity contribution >= 4 is 23.9 Å². The average Bonchev–Trinajstić information content (AvgIpc) is 3.02. The molecule has 6 heteroatoms. The normalized spacial score (nSPS) is 28.5. The molecular weight excluding hydrogens is 336 g/mol. The number of rotatable bonds is 11. The van der Waals surface area contributed by atoms with E-state index in [0.29, 0.717) is 25.7 Å². The number of hydrogen-bond donors (Lipinski definition) is 0. The van der Waals surface area contributed by atoms with Gasteiger partial charge in [-0.1, -0.05) is 52.4 Å². The Labute approximate surface area is 155 Å². The van der Waals surface area contributed by atoms with Crippen molar-refractivity contribution in [2.45, 2.75) is 78.1 Å². The fraction of sp³-hybridized carbons (Fsp3) is 0.800. The molecule has 2 fully saturated rings. The van der Waals surface area contributed by atoms with E-state index in [1.165, 1.54) is 0 Å². The van der Waals surface area contributed by atoms with E-state index >= 15 is 0 Å². The molecule has 2 saturated heterocycles. The molecule has 0 bridgehead atoms. The zero-order chi connectivity index (χ0) is 19.1. The van der Waals surface area contributed by atoms with Gasteiger partial charge in [0.25, 0.3) is 0 Å². The van der Waals surface area contributed by atoms with E-state index in [-0.39, 0.29) is 41.6 Å². The molecule has 4 atom stereocenters. The zero-order valence-corrected chi connectivity index (χ0v) is 15.8. The van der Waals surface area contributed by atoms with E-state index in [2.05, 4.69) is 6.92 Å². The highest BCUT2D eigenvalue weighted by Gasteiger charge is 2.44. The lowest BCUT2D eigenvalue weighted by molar-refractivity contribution is -0.155. The van der Waals surface area contributed by atoms with Gasteiger partial charge < -0.3 is 9.47 Å². The predicted octanol–water partition coefficient (Wildman–Crippen LogP) is 3.56. The first kappa shape index (κ1) is 20.6. The van der Waals surface area contributed by atoms with Crippen molar-refractivity contribution in [1.82, 2.24) is 0 Å². The summed E-state index contributed by atoms with van der Waals surface area (Å²) in [6.45, 7) is 4.05. The third kappa shape index (κ3) is 4.92. The number of unbranched alkanes of at least 4 members (excludes halogenated alkanes) is 3. The van der Waals surface area contributed by atoms with Gasteiger partial charge in [-0.25, -0.2) is 0 Å². The minimum atomic E-state index is -0.391. The Morgan fingerprint density at radius 1 is 0.538 bits per heavy atom. The van der Waals surface area contributed by atoms with Crippen LogP contribution in [0.25, 0.3) is 0 Å². The quantitative estimate of drug-likeness (QED) is 0.316. The minimum absolute atomic E-state index is 0.293. The van der Waals surface area contributed by atoms with Crippen LogP contribution >= 0.6 is 0 Å². The molecule has 146 valence electrons. The summed E-state index contributed by atoms with van der Waals surface area (Å²) in [6.07, 6.45) is 7.90. The largest absolute Gasteiger partial charge is 0.393 e. The number of cyclic esters (lactones) is 4. The summed E-state index contributed by atoms with van der Waals surface area (Å²) in [4.78, 5) is 47.2. The van der Waals surface area contributed by atoms with Crippen molar-refractivity contribution in [2.24, 2.45) is 23.7 Å². The smallest absolute Gasteiger partial charge is 0.317 e. The first-order valence-corrected chi connectivity index (χ1v) is 10.0. The Balaban J connectivity index is 1.74. The predicted molar refractivity (Wildman–Crippen MR) is 93.7 cm³/mol. The van der Waals surface area contributed by atoms with E-state index in [1.54, 1.807) is 0 Å². The first-order chi connectivity index (χ1) is 12.5. The van der Waals surface area contributed by atoms with Gasteiger partial charge in [0.1, 0.15) is 0 Å². The summed E-state index contributed by atoms with van der Waals surface area (Å²) in [7, 11) is 0. The van der Waals surface area contributed by atoms with Gasteiger partial charge in [0.15, 0.2) is 0 Å². The summed E-state index contributed by atoms with van der Waals surface area (Å²) < 4.78 is 9.59. The van der Waals surface area contributed by atoms with Crippen LogP contribution in [0.5, 0.6) is 0 Å². The molecule has 2 rings (SSSR count). The molecule has 2 aliphatic heterocycles. The van der Waals surface area contributed by atoms with Gasteiger partial charge >= 0.3 is 23.9 Å². The second-order valence-corrected chi connectivity index (χ2v) is 7.48. The maximum absolute atomic E-state index is 11.9. The van der Waals surface area contributed by atoms with Crippen LogP contribution in [-0.4, -0.2) is 23.9 Å². The van der Waals surface area contributed by atoms with E-state index < -0.39 is 5.97 Å². The van der Waals surface area contributed by atoms with E-state index in [1.807, 2.05) is 6.92 Å². The fourth-order valence-corrected chi connectivity index (χ4v) is 4.07. The van der Waals surface area contributed by atoms with Crippen LogP contribution in [0.3, 0.4) is 0 Å². The van der Waals surface area contributed by atoms with Gasteiger partial charge in [0.2, 0.25) is 0 Å². The van der Waals surface area contributed by atoms with Crippen molar-refractivity contribution in [3.8, 4) is 0 Å². The third-order valence-electron chi connectivity index (χ3n) is 5.58. The molecule has 26 heavy (non-hydrogen) atoms. The van der Waals surface area contributed by atoms with Crippen molar-refractivity contribution < 1.29 is 28.7 Å². The second-order valence-electron chi connectivity index (χ2n) is 7.48. The van der Waals surface area contributed by atoms with E-state index in [9.17, 15) is 19.2 Å². The maximum Gasteiger partial charge on any atom is 0.317 e. The molecule has 2 aliphatic rings. The number of hydrogen-bond acceptors (Lipinski definition) is 6. The third-order valence-corrected chi connectivity index (χ3v) is 5.58. The Hall–Kier alpha value is -1.72. The van der Waals surface area contributed by atoms with Gasteiger partial charge in [-0.3, -0.25) is 19.2 Å². The Bertz CT molecular complexity index is 540. The van der Waals surface area contributed by atoms with Gasteiger partial charge in [-0.05, 0) is 25.7 Å². The molecule has 0 saturated carbocycles. The Morgan fingerprint density at radius 2 is 0.923 bits per heavy atom. The number of carbonyl (C=O) groups excluding carboxylic acids is 4. The van der Waals surface area contributed by atoms with Gasteiger partial charge in [0, 0.05) is 0 Å². The number of esters is 4. The van der Waals surface area contributed by atoms with Crippen LogP contribution < -0.4 is 0 Å². The van der Waals surface area contributed by atoms with Gasteiger partial charge in [-0.15, -0.1) is 0 Å². The highest BCUT2D eigenvalue weighted by Crippen LogP contribution is 2.34. The van der Waals surface area contributed by atoms with Crippen molar-refractivity contribution in [1.29, 1.82) is 0 Å². The Kier molecular flexibility index (Phi) is 7.79. The van der Waals surface area contributed by atoms with Crippen LogP contribution in [-0.2, 0) is 28.7 Å². The monoisotopic (exact) mass is 366 g/mol. The van der Waals surface area contributed by atoms with Gasteiger partial charge in [0.05, 0.1) is 23.7 Å². The van der Waals surface area contributed by atoms with Crippen LogP contribution in [0.1, 0.15) is 78.1 Å². The highest BCUT2D eigenvalue weighted by molar-refractivity contribution is 5.96. The fourth-order valence-electron chi connectivity index (χ4n) is 4.07. The van der Waals surface area contributed by atoms with Crippen molar-refractivity contribution in [3.05, 3.63) is 0 Å². The summed E-state index contributed by atoms with van der Waals surface area (Å²) in [5.41, 5.74) is 0. The zero-order valence-electron chi connectivity index (χ0n) is 15.8. The maximum atomic E-state index is 11.9. The van der Waals surface area contributed by atoms with Crippen molar-refractivity contribution in [3.63, 3.8) is 0 Å². The summed E-state index contributed by atoms with van der Waals surface area (Å²) in [6, 6.07) is 0. The summed E-state index contributed by atoms with van der Waals surface area (Å²) >= 11 is 0. The lowest BCUT2D eigenvalue weighted by Gasteiger charge is -2.14. The SMILES string of the molecule is CCCCC1C(=O)OC(=O)C1CCCCCC1C(=O)OC(=O)C1CCC. The molecule has 4 unspecified atom stereocenters. The molecule has 0 aromatic rings. The number of ether oxygens (including phenoxy) is 2. The molecule has 6 nitrogen and oxygen atoms in total. The molecule has 0 spiro atoms. The average molecular weight is 366 g/mol. The molecule has 0 aromatic heterocycles. The molecule has 0 N–H and O–H groups in total. The van der Waals surface area contributed by atoms with Crippen molar-refractivity contribution in [2.75, 3.05) is 0 Å². The highest BCUT2D eigenvalue weighted by atomic mass is 16.6. The van der Waals surface area contributed by atoms with Gasteiger partial charge in [-0.2, -0.15) is 0 Å². The molecule has 0 amide bonds. The summed E-state index contributed by atoms with van der Waals surface area (Å²) in [5, 5.41) is 0. The van der Waals surface area contributed by atoms with Crippen LogP contribution in [0.2, 0.25) is 0 Å². The standard InChI is InChI=1S/C20H30O6/c1-3-5-10-14-16(20(24)26-18(14)22)12-8-6-7-11-15-13(9-4-2)17(21)25-19(15)23/h13-16H,3-12H2,1-2H3. The second kappa shape index (κ2) is 9.83. The minimum Gasteiger partial charge on any atom is -0.393 e. The molecule has 0 aliphatic carbocycles. The first-order valence-electron chi connectivity index (χ1n) is 10.0. The molecule has 0 radical (unpaired) electrons. The Morgan fingerprint density at radius 3 is 1.31 bits per heavy atom. The lowest BCUT2D eigenvalue weighted by atomic mass is 9.84. The molecule has 2 heterocycles. The van der Waals surface area contributed by atoms with E-state index in [4.69, 9.17) is 9.47 Å².